The maximum Gasteiger partial charge on any atom is 0.268 e. The number of benzene rings is 1. The first kappa shape index (κ1) is 17.6. The Balaban J connectivity index is 1.34. The standard InChI is InChI=1S/C20H19N5O3/c1-24-16-6-9-28-18(16)11-17(24)20(27)21-12-19(26)23-15-5-2-4-14(10-15)13-25-8-3-7-22-25/h2-11H,12-13H2,1H3,(H,21,27)(H,23,26). The average Bonchev–Trinajstić information content (AvgIpc) is 3.40. The van der Waals surface area contributed by atoms with Gasteiger partial charge in [-0.25, -0.2) is 0 Å². The van der Waals surface area contributed by atoms with Crippen LogP contribution in [-0.2, 0) is 18.4 Å². The van der Waals surface area contributed by atoms with Gasteiger partial charge in [0.05, 0.1) is 24.9 Å². The molecule has 0 aliphatic rings. The van der Waals surface area contributed by atoms with Crippen LogP contribution in [0.1, 0.15) is 16.1 Å². The second-order valence-corrected chi connectivity index (χ2v) is 6.39. The molecule has 0 aliphatic carbocycles. The number of anilines is 1. The second-order valence-electron chi connectivity index (χ2n) is 6.39. The van der Waals surface area contributed by atoms with E-state index in [1.165, 1.54) is 0 Å². The van der Waals surface area contributed by atoms with Crippen LogP contribution < -0.4 is 10.6 Å². The summed E-state index contributed by atoms with van der Waals surface area (Å²) in [6.07, 6.45) is 5.17. The molecule has 28 heavy (non-hydrogen) atoms. The fourth-order valence-electron chi connectivity index (χ4n) is 3.05. The average molecular weight is 377 g/mol. The molecule has 8 nitrogen and oxygen atoms in total. The fourth-order valence-corrected chi connectivity index (χ4v) is 3.05. The minimum Gasteiger partial charge on any atom is -0.463 e. The third-order valence-electron chi connectivity index (χ3n) is 4.42. The van der Waals surface area contributed by atoms with Gasteiger partial charge in [-0.1, -0.05) is 12.1 Å². The van der Waals surface area contributed by atoms with Gasteiger partial charge < -0.3 is 19.6 Å². The van der Waals surface area contributed by atoms with Gasteiger partial charge in [-0.2, -0.15) is 5.10 Å². The molecule has 0 unspecified atom stereocenters. The van der Waals surface area contributed by atoms with Crippen molar-refractivity contribution in [3.05, 3.63) is 72.4 Å². The summed E-state index contributed by atoms with van der Waals surface area (Å²) >= 11 is 0. The van der Waals surface area contributed by atoms with Crippen LogP contribution in [0, 0.1) is 0 Å². The van der Waals surface area contributed by atoms with Crippen molar-refractivity contribution in [3.8, 4) is 0 Å². The number of nitrogens with zero attached hydrogens (tertiary/aromatic N) is 3. The molecule has 4 rings (SSSR count). The first-order valence-electron chi connectivity index (χ1n) is 8.77. The number of carbonyl (C=O) groups excluding carboxylic acids is 2. The summed E-state index contributed by atoms with van der Waals surface area (Å²) in [6.45, 7) is 0.483. The van der Waals surface area contributed by atoms with Gasteiger partial charge in [-0.15, -0.1) is 0 Å². The summed E-state index contributed by atoms with van der Waals surface area (Å²) < 4.78 is 8.83. The van der Waals surface area contributed by atoms with Crippen LogP contribution in [-0.4, -0.2) is 32.7 Å². The van der Waals surface area contributed by atoms with E-state index in [1.54, 1.807) is 47.0 Å². The van der Waals surface area contributed by atoms with Gasteiger partial charge in [0.25, 0.3) is 5.91 Å². The number of fused-ring (bicyclic) bond motifs is 1. The molecule has 4 aromatic rings. The lowest BCUT2D eigenvalue weighted by Gasteiger charge is -2.09. The van der Waals surface area contributed by atoms with Crippen molar-refractivity contribution < 1.29 is 14.0 Å². The molecule has 1 aromatic carbocycles. The number of rotatable bonds is 6. The quantitative estimate of drug-likeness (QED) is 0.539. The highest BCUT2D eigenvalue weighted by Gasteiger charge is 2.15. The molecule has 2 amide bonds. The van der Waals surface area contributed by atoms with Crippen molar-refractivity contribution in [2.24, 2.45) is 7.05 Å². The Kier molecular flexibility index (Phi) is 4.67. The monoisotopic (exact) mass is 377 g/mol. The van der Waals surface area contributed by atoms with E-state index in [4.69, 9.17) is 4.42 Å². The van der Waals surface area contributed by atoms with Crippen molar-refractivity contribution >= 4 is 28.6 Å². The molecule has 3 heterocycles. The molecule has 0 bridgehead atoms. The number of aromatic nitrogens is 3. The minimum atomic E-state index is -0.337. The van der Waals surface area contributed by atoms with Crippen molar-refractivity contribution in [2.45, 2.75) is 6.54 Å². The van der Waals surface area contributed by atoms with Crippen LogP contribution in [0.3, 0.4) is 0 Å². The second kappa shape index (κ2) is 7.43. The highest BCUT2D eigenvalue weighted by Crippen LogP contribution is 2.19. The highest BCUT2D eigenvalue weighted by atomic mass is 16.3. The van der Waals surface area contributed by atoms with Gasteiger partial charge in [-0.3, -0.25) is 14.3 Å². The normalized spacial score (nSPS) is 10.9. The van der Waals surface area contributed by atoms with Gasteiger partial charge in [0.15, 0.2) is 5.58 Å². The lowest BCUT2D eigenvalue weighted by atomic mass is 10.2. The van der Waals surface area contributed by atoms with Crippen molar-refractivity contribution in [1.29, 1.82) is 0 Å². The number of carbonyl (C=O) groups is 2. The Hall–Kier alpha value is -3.81. The SMILES string of the molecule is Cn1c(C(=O)NCC(=O)Nc2cccc(Cn3cccn3)c2)cc2occc21. The van der Waals surface area contributed by atoms with E-state index in [1.807, 2.05) is 30.5 Å². The van der Waals surface area contributed by atoms with Crippen LogP contribution in [0.2, 0.25) is 0 Å². The first-order chi connectivity index (χ1) is 13.6. The van der Waals surface area contributed by atoms with Crippen molar-refractivity contribution in [3.63, 3.8) is 0 Å². The van der Waals surface area contributed by atoms with Crippen LogP contribution >= 0.6 is 0 Å². The van der Waals surface area contributed by atoms with E-state index in [0.29, 0.717) is 23.5 Å². The third-order valence-corrected chi connectivity index (χ3v) is 4.42. The number of nitrogens with one attached hydrogen (secondary N) is 2. The number of hydrogen-bond acceptors (Lipinski definition) is 4. The number of hydrogen-bond donors (Lipinski definition) is 2. The molecule has 0 radical (unpaired) electrons. The molecule has 0 saturated heterocycles. The zero-order valence-electron chi connectivity index (χ0n) is 15.3. The van der Waals surface area contributed by atoms with Gasteiger partial charge in [0.2, 0.25) is 5.91 Å². The predicted octanol–water partition coefficient (Wildman–Crippen LogP) is 2.38. The molecule has 2 N–H and O–H groups in total. The van der Waals surface area contributed by atoms with E-state index >= 15 is 0 Å². The molecule has 0 aliphatic heterocycles. The summed E-state index contributed by atoms with van der Waals surface area (Å²) in [7, 11) is 1.78. The summed E-state index contributed by atoms with van der Waals surface area (Å²) in [4.78, 5) is 24.6. The van der Waals surface area contributed by atoms with Gasteiger partial charge in [0.1, 0.15) is 5.69 Å². The first-order valence-corrected chi connectivity index (χ1v) is 8.77. The van der Waals surface area contributed by atoms with Crippen LogP contribution in [0.5, 0.6) is 0 Å². The molecule has 0 atom stereocenters. The maximum atomic E-state index is 12.4. The Bertz CT molecular complexity index is 1120. The lowest BCUT2D eigenvalue weighted by Crippen LogP contribution is -2.33. The summed E-state index contributed by atoms with van der Waals surface area (Å²) in [5.41, 5.74) is 3.57. The molecule has 3 aromatic heterocycles. The zero-order valence-corrected chi connectivity index (χ0v) is 15.3. The molecule has 142 valence electrons. The molecule has 0 spiro atoms. The molecule has 0 saturated carbocycles. The van der Waals surface area contributed by atoms with E-state index in [0.717, 1.165) is 11.1 Å². The van der Waals surface area contributed by atoms with Crippen molar-refractivity contribution in [1.82, 2.24) is 19.7 Å². The van der Waals surface area contributed by atoms with E-state index in [9.17, 15) is 9.59 Å². The predicted molar refractivity (Wildman–Crippen MR) is 104 cm³/mol. The summed E-state index contributed by atoms with van der Waals surface area (Å²) in [6, 6.07) is 12.8. The Morgan fingerprint density at radius 1 is 1.18 bits per heavy atom. The molecular weight excluding hydrogens is 358 g/mol. The maximum absolute atomic E-state index is 12.4. The molecule has 8 heteroatoms. The van der Waals surface area contributed by atoms with Gasteiger partial charge in [-0.05, 0) is 23.8 Å². The number of aryl methyl sites for hydroxylation is 1. The largest absolute Gasteiger partial charge is 0.463 e. The van der Waals surface area contributed by atoms with Gasteiger partial charge >= 0.3 is 0 Å². The smallest absolute Gasteiger partial charge is 0.268 e. The summed E-state index contributed by atoms with van der Waals surface area (Å²) in [5, 5.41) is 9.60. The number of furan rings is 1. The topological polar surface area (TPSA) is 94.1 Å². The Labute approximate surface area is 160 Å². The van der Waals surface area contributed by atoms with Crippen LogP contribution in [0.25, 0.3) is 11.1 Å². The van der Waals surface area contributed by atoms with E-state index in [2.05, 4.69) is 15.7 Å². The fraction of sp³-hybridized carbons (Fsp3) is 0.150. The molecular formula is C20H19N5O3. The van der Waals surface area contributed by atoms with Crippen LogP contribution in [0.15, 0.2) is 65.5 Å². The third kappa shape index (κ3) is 3.66. The summed E-state index contributed by atoms with van der Waals surface area (Å²) in [5.74, 6) is -0.640. The van der Waals surface area contributed by atoms with Crippen molar-refractivity contribution in [2.75, 3.05) is 11.9 Å². The molecule has 0 fully saturated rings. The Morgan fingerprint density at radius 2 is 2.07 bits per heavy atom. The van der Waals surface area contributed by atoms with E-state index in [-0.39, 0.29) is 18.4 Å². The Morgan fingerprint density at radius 3 is 2.86 bits per heavy atom. The minimum absolute atomic E-state index is 0.130. The highest BCUT2D eigenvalue weighted by molar-refractivity contribution is 6.00. The van der Waals surface area contributed by atoms with Gasteiger partial charge in [0, 0.05) is 37.3 Å². The van der Waals surface area contributed by atoms with Crippen LogP contribution in [0.4, 0.5) is 5.69 Å². The number of amides is 2. The lowest BCUT2D eigenvalue weighted by molar-refractivity contribution is -0.115. The zero-order chi connectivity index (χ0) is 19.5. The van der Waals surface area contributed by atoms with E-state index < -0.39 is 0 Å².